The molecular weight excluding hydrogens is 292 g/mol. The van der Waals surface area contributed by atoms with Gasteiger partial charge in [-0.25, -0.2) is 4.98 Å². The van der Waals surface area contributed by atoms with Crippen LogP contribution in [0.4, 0.5) is 0 Å². The maximum Gasteiger partial charge on any atom is 0.241 e. The van der Waals surface area contributed by atoms with Crippen molar-refractivity contribution in [2.75, 3.05) is 0 Å². The van der Waals surface area contributed by atoms with Crippen LogP contribution < -0.4 is 10.1 Å². The quantitative estimate of drug-likeness (QED) is 0.888. The van der Waals surface area contributed by atoms with Crippen LogP contribution in [0.3, 0.4) is 0 Å². The summed E-state index contributed by atoms with van der Waals surface area (Å²) in [7, 11) is 0. The molecule has 0 aromatic carbocycles. The van der Waals surface area contributed by atoms with Crippen LogP contribution in [0.25, 0.3) is 0 Å². The summed E-state index contributed by atoms with van der Waals surface area (Å²) in [5.41, 5.74) is 0.986. The van der Waals surface area contributed by atoms with Gasteiger partial charge in [-0.2, -0.15) is 5.10 Å². The van der Waals surface area contributed by atoms with Crippen LogP contribution in [0.15, 0.2) is 36.8 Å². The van der Waals surface area contributed by atoms with E-state index in [9.17, 15) is 4.79 Å². The number of nitrogens with zero attached hydrogens (tertiary/aromatic N) is 3. The SMILES string of the molecule is O=C(Cn1cccn1)NCc1ccnc(OC2CCCCC2)c1. The van der Waals surface area contributed by atoms with E-state index in [1.807, 2.05) is 12.1 Å². The zero-order chi connectivity index (χ0) is 15.9. The molecule has 6 nitrogen and oxygen atoms in total. The van der Waals surface area contributed by atoms with E-state index in [2.05, 4.69) is 15.4 Å². The molecule has 1 aliphatic rings. The molecule has 0 aliphatic heterocycles. The third kappa shape index (κ3) is 4.81. The highest BCUT2D eigenvalue weighted by atomic mass is 16.5. The molecular formula is C17H22N4O2. The Morgan fingerprint density at radius 2 is 2.17 bits per heavy atom. The second-order valence-corrected chi connectivity index (χ2v) is 5.86. The van der Waals surface area contributed by atoms with Gasteiger partial charge in [0.1, 0.15) is 12.6 Å². The lowest BCUT2D eigenvalue weighted by Crippen LogP contribution is -2.27. The van der Waals surface area contributed by atoms with Gasteiger partial charge in [-0.1, -0.05) is 6.42 Å². The smallest absolute Gasteiger partial charge is 0.241 e. The Morgan fingerprint density at radius 3 is 2.96 bits per heavy atom. The van der Waals surface area contributed by atoms with E-state index >= 15 is 0 Å². The number of amides is 1. The van der Waals surface area contributed by atoms with Gasteiger partial charge in [0.05, 0.1) is 0 Å². The predicted octanol–water partition coefficient (Wildman–Crippen LogP) is 2.31. The zero-order valence-electron chi connectivity index (χ0n) is 13.1. The molecule has 1 N–H and O–H groups in total. The van der Waals surface area contributed by atoms with Gasteiger partial charge in [-0.15, -0.1) is 0 Å². The second-order valence-electron chi connectivity index (χ2n) is 5.86. The zero-order valence-corrected chi connectivity index (χ0v) is 13.1. The summed E-state index contributed by atoms with van der Waals surface area (Å²) < 4.78 is 7.55. The Hall–Kier alpha value is -2.37. The van der Waals surface area contributed by atoms with Crippen molar-refractivity contribution in [3.05, 3.63) is 42.4 Å². The van der Waals surface area contributed by atoms with Crippen LogP contribution in [0, 0.1) is 0 Å². The first-order chi connectivity index (χ1) is 11.3. The summed E-state index contributed by atoms with van der Waals surface area (Å²) in [6, 6.07) is 5.59. The summed E-state index contributed by atoms with van der Waals surface area (Å²) in [4.78, 5) is 16.1. The highest BCUT2D eigenvalue weighted by Crippen LogP contribution is 2.22. The Balaban J connectivity index is 1.49. The highest BCUT2D eigenvalue weighted by Gasteiger charge is 2.15. The van der Waals surface area contributed by atoms with Crippen molar-refractivity contribution in [3.8, 4) is 5.88 Å². The van der Waals surface area contributed by atoms with Gasteiger partial charge >= 0.3 is 0 Å². The number of hydrogen-bond donors (Lipinski definition) is 1. The summed E-state index contributed by atoms with van der Waals surface area (Å²) in [6.45, 7) is 0.688. The van der Waals surface area contributed by atoms with Crippen molar-refractivity contribution >= 4 is 5.91 Å². The van der Waals surface area contributed by atoms with Crippen molar-refractivity contribution in [1.29, 1.82) is 0 Å². The van der Waals surface area contributed by atoms with E-state index in [1.165, 1.54) is 19.3 Å². The number of pyridine rings is 1. The Morgan fingerprint density at radius 1 is 1.30 bits per heavy atom. The van der Waals surface area contributed by atoms with Crippen molar-refractivity contribution in [1.82, 2.24) is 20.1 Å². The fourth-order valence-corrected chi connectivity index (χ4v) is 2.78. The van der Waals surface area contributed by atoms with E-state index in [4.69, 9.17) is 4.74 Å². The minimum atomic E-state index is -0.0692. The Kier molecular flexibility index (Phi) is 5.24. The fraction of sp³-hybridized carbons (Fsp3) is 0.471. The van der Waals surface area contributed by atoms with Crippen molar-refractivity contribution in [3.63, 3.8) is 0 Å². The summed E-state index contributed by atoms with van der Waals surface area (Å²) in [5, 5.41) is 6.90. The largest absolute Gasteiger partial charge is 0.474 e. The van der Waals surface area contributed by atoms with Crippen LogP contribution in [-0.2, 0) is 17.9 Å². The molecule has 122 valence electrons. The van der Waals surface area contributed by atoms with Crippen molar-refractivity contribution in [2.24, 2.45) is 0 Å². The van der Waals surface area contributed by atoms with Crippen molar-refractivity contribution < 1.29 is 9.53 Å². The van der Waals surface area contributed by atoms with Crippen LogP contribution in [0.2, 0.25) is 0 Å². The minimum absolute atomic E-state index is 0.0692. The summed E-state index contributed by atoms with van der Waals surface area (Å²) in [6.07, 6.45) is 11.4. The molecule has 2 aromatic heterocycles. The van der Waals surface area contributed by atoms with Crippen LogP contribution in [-0.4, -0.2) is 26.8 Å². The molecule has 2 heterocycles. The number of carbonyl (C=O) groups excluding carboxylic acids is 1. The van der Waals surface area contributed by atoms with E-state index in [0.29, 0.717) is 12.4 Å². The fourth-order valence-electron chi connectivity index (χ4n) is 2.78. The van der Waals surface area contributed by atoms with E-state index in [-0.39, 0.29) is 18.6 Å². The average Bonchev–Trinajstić information content (AvgIpc) is 3.07. The average molecular weight is 314 g/mol. The number of aromatic nitrogens is 3. The lowest BCUT2D eigenvalue weighted by molar-refractivity contribution is -0.122. The van der Waals surface area contributed by atoms with Crippen LogP contribution in [0.5, 0.6) is 5.88 Å². The monoisotopic (exact) mass is 314 g/mol. The first-order valence-corrected chi connectivity index (χ1v) is 8.15. The minimum Gasteiger partial charge on any atom is -0.474 e. The highest BCUT2D eigenvalue weighted by molar-refractivity contribution is 5.75. The Labute approximate surface area is 135 Å². The maximum atomic E-state index is 11.9. The molecule has 0 spiro atoms. The van der Waals surface area contributed by atoms with Gasteiger partial charge in [-0.05, 0) is 43.4 Å². The third-order valence-corrected chi connectivity index (χ3v) is 3.99. The molecule has 1 aliphatic carbocycles. The van der Waals surface area contributed by atoms with Crippen LogP contribution in [0.1, 0.15) is 37.7 Å². The van der Waals surface area contributed by atoms with Gasteiger partial charge in [0.2, 0.25) is 11.8 Å². The topological polar surface area (TPSA) is 69.0 Å². The molecule has 0 bridgehead atoms. The molecule has 0 radical (unpaired) electrons. The molecule has 1 saturated carbocycles. The van der Waals surface area contributed by atoms with Gasteiger partial charge < -0.3 is 10.1 Å². The van der Waals surface area contributed by atoms with E-state index in [1.54, 1.807) is 29.3 Å². The normalized spacial score (nSPS) is 15.3. The molecule has 1 amide bonds. The number of rotatable bonds is 6. The molecule has 1 fully saturated rings. The molecule has 3 rings (SSSR count). The molecule has 6 heteroatoms. The van der Waals surface area contributed by atoms with Gasteiger partial charge in [0, 0.05) is 31.2 Å². The number of nitrogens with one attached hydrogen (secondary N) is 1. The van der Waals surface area contributed by atoms with Gasteiger partial charge in [0.15, 0.2) is 0 Å². The molecule has 0 saturated heterocycles. The van der Waals surface area contributed by atoms with Crippen molar-refractivity contribution in [2.45, 2.75) is 51.3 Å². The third-order valence-electron chi connectivity index (χ3n) is 3.99. The number of hydrogen-bond acceptors (Lipinski definition) is 4. The molecule has 0 unspecified atom stereocenters. The predicted molar refractivity (Wildman–Crippen MR) is 85.8 cm³/mol. The van der Waals surface area contributed by atoms with Gasteiger partial charge in [-0.3, -0.25) is 9.48 Å². The lowest BCUT2D eigenvalue weighted by atomic mass is 9.98. The summed E-state index contributed by atoms with van der Waals surface area (Å²) in [5.74, 6) is 0.580. The molecule has 2 aromatic rings. The summed E-state index contributed by atoms with van der Waals surface area (Å²) >= 11 is 0. The van der Waals surface area contributed by atoms with Crippen LogP contribution >= 0.6 is 0 Å². The number of carbonyl (C=O) groups is 1. The first-order valence-electron chi connectivity index (χ1n) is 8.15. The maximum absolute atomic E-state index is 11.9. The lowest BCUT2D eigenvalue weighted by Gasteiger charge is -2.22. The first kappa shape index (κ1) is 15.5. The van der Waals surface area contributed by atoms with E-state index in [0.717, 1.165) is 18.4 Å². The van der Waals surface area contributed by atoms with E-state index < -0.39 is 0 Å². The molecule has 23 heavy (non-hydrogen) atoms. The number of ether oxygens (including phenoxy) is 1. The second kappa shape index (κ2) is 7.76. The Bertz CT molecular complexity index is 621. The standard InChI is InChI=1S/C17H22N4O2/c22-16(13-21-10-4-8-20-21)19-12-14-7-9-18-17(11-14)23-15-5-2-1-3-6-15/h4,7-11,15H,1-3,5-6,12-13H2,(H,19,22). The van der Waals surface area contributed by atoms with Gasteiger partial charge in [0.25, 0.3) is 0 Å². The molecule has 0 atom stereocenters.